The van der Waals surface area contributed by atoms with Gasteiger partial charge < -0.3 is 4.74 Å². The molecule has 0 fully saturated rings. The molecule has 28 heavy (non-hydrogen) atoms. The quantitative estimate of drug-likeness (QED) is 0.260. The molecule has 1 aromatic heterocycles. The molecule has 0 aromatic carbocycles. The van der Waals surface area contributed by atoms with Crippen LogP contribution in [0.2, 0.25) is 0 Å². The second-order valence-electron chi connectivity index (χ2n) is 6.59. The van der Waals surface area contributed by atoms with Gasteiger partial charge >= 0.3 is 5.97 Å². The molecule has 1 heterocycles. The van der Waals surface area contributed by atoms with Gasteiger partial charge in [0.05, 0.1) is 5.69 Å². The number of aromatic nitrogens is 2. The second-order valence-corrected chi connectivity index (χ2v) is 6.59. The Bertz CT molecular complexity index is 698. The van der Waals surface area contributed by atoms with E-state index >= 15 is 0 Å². The number of nitrogens with zero attached hydrogens (tertiary/aromatic N) is 1. The van der Waals surface area contributed by atoms with Crippen molar-refractivity contribution < 1.29 is 14.3 Å². The van der Waals surface area contributed by atoms with Gasteiger partial charge in [0.1, 0.15) is 6.10 Å². The summed E-state index contributed by atoms with van der Waals surface area (Å²) in [5.74, 6) is -0.114. The molecule has 5 heteroatoms. The molecule has 1 atom stereocenters. The Balaban J connectivity index is 0.00000190. The third kappa shape index (κ3) is 8.98. The molecule has 1 unspecified atom stereocenters. The molecule has 5 nitrogen and oxygen atoms in total. The number of carbonyl (C=O) groups excluding carboxylic acids is 2. The Morgan fingerprint density at radius 1 is 1.39 bits per heavy atom. The van der Waals surface area contributed by atoms with Crippen LogP contribution in [0.25, 0.3) is 0 Å². The van der Waals surface area contributed by atoms with Crippen molar-refractivity contribution in [1.82, 2.24) is 10.2 Å². The first kappa shape index (κ1) is 23.6. The number of hydrogen-bond acceptors (Lipinski definition) is 4. The van der Waals surface area contributed by atoms with Crippen molar-refractivity contribution >= 4 is 11.8 Å². The SMILES string of the molecule is C/C=C\CCCC(=O)OC(C/C=C1\CC=CC1=O)CCc1cc(C)[nH]n1.CC. The summed E-state index contributed by atoms with van der Waals surface area (Å²) in [5.41, 5.74) is 2.76. The minimum Gasteiger partial charge on any atom is -0.462 e. The van der Waals surface area contributed by atoms with Gasteiger partial charge in [0, 0.05) is 18.5 Å². The van der Waals surface area contributed by atoms with Crippen molar-refractivity contribution in [2.75, 3.05) is 0 Å². The van der Waals surface area contributed by atoms with E-state index in [-0.39, 0.29) is 17.9 Å². The van der Waals surface area contributed by atoms with Gasteiger partial charge in [-0.15, -0.1) is 0 Å². The first-order valence-electron chi connectivity index (χ1n) is 10.3. The molecule has 1 N–H and O–H groups in total. The zero-order valence-electron chi connectivity index (χ0n) is 17.7. The standard InChI is InChI=1S/C21H28N2O3.C2H6/c1-3-4-5-6-10-21(25)26-19(13-11-17-8-7-9-20(17)24)14-12-18-15-16(2)22-23-18;1-2/h3-4,7,9,11,15,19H,5-6,8,10,12-14H2,1-2H3,(H,22,23);1-2H3/b4-3-,17-11+;. The molecule has 0 aliphatic heterocycles. The molecule has 0 saturated heterocycles. The fraction of sp³-hybridized carbons (Fsp3) is 0.522. The molecule has 0 spiro atoms. The Labute approximate surface area is 168 Å². The van der Waals surface area contributed by atoms with Crippen LogP contribution in [0.15, 0.2) is 42.0 Å². The number of H-pyrrole nitrogens is 1. The normalized spacial score (nSPS) is 15.7. The first-order chi connectivity index (χ1) is 13.6. The summed E-state index contributed by atoms with van der Waals surface area (Å²) in [7, 11) is 0. The summed E-state index contributed by atoms with van der Waals surface area (Å²) in [6.45, 7) is 7.93. The van der Waals surface area contributed by atoms with Gasteiger partial charge in [-0.3, -0.25) is 14.7 Å². The second kappa shape index (κ2) is 13.7. The van der Waals surface area contributed by atoms with E-state index in [1.165, 1.54) is 0 Å². The van der Waals surface area contributed by atoms with Crippen LogP contribution >= 0.6 is 0 Å². The largest absolute Gasteiger partial charge is 0.462 e. The number of unbranched alkanes of at least 4 members (excludes halogenated alkanes) is 1. The van der Waals surface area contributed by atoms with Crippen molar-refractivity contribution in [1.29, 1.82) is 0 Å². The summed E-state index contributed by atoms with van der Waals surface area (Å²) in [5, 5.41) is 7.16. The van der Waals surface area contributed by atoms with Gasteiger partial charge in [0.25, 0.3) is 0 Å². The zero-order valence-corrected chi connectivity index (χ0v) is 17.7. The van der Waals surface area contributed by atoms with E-state index < -0.39 is 0 Å². The molecule has 1 aliphatic rings. The smallest absolute Gasteiger partial charge is 0.306 e. The molecule has 0 radical (unpaired) electrons. The highest BCUT2D eigenvalue weighted by Crippen LogP contribution is 2.18. The van der Waals surface area contributed by atoms with Crippen molar-refractivity contribution in [3.05, 3.63) is 53.4 Å². The van der Waals surface area contributed by atoms with Crippen molar-refractivity contribution in [3.8, 4) is 0 Å². The van der Waals surface area contributed by atoms with E-state index in [2.05, 4.69) is 10.2 Å². The monoisotopic (exact) mass is 386 g/mol. The molecule has 0 amide bonds. The van der Waals surface area contributed by atoms with Crippen LogP contribution in [-0.4, -0.2) is 28.1 Å². The van der Waals surface area contributed by atoms with E-state index in [1.807, 2.05) is 58.1 Å². The molecule has 2 rings (SSSR count). The van der Waals surface area contributed by atoms with E-state index in [0.717, 1.165) is 36.2 Å². The highest BCUT2D eigenvalue weighted by atomic mass is 16.5. The topological polar surface area (TPSA) is 72.1 Å². The summed E-state index contributed by atoms with van der Waals surface area (Å²) in [4.78, 5) is 23.8. The number of ketones is 1. The number of hydrogen-bond donors (Lipinski definition) is 1. The zero-order chi connectivity index (χ0) is 20.8. The highest BCUT2D eigenvalue weighted by Gasteiger charge is 2.17. The number of esters is 1. The van der Waals surface area contributed by atoms with Crippen LogP contribution in [0.5, 0.6) is 0 Å². The molecule has 0 saturated carbocycles. The van der Waals surface area contributed by atoms with Gasteiger partial charge in [-0.25, -0.2) is 0 Å². The fourth-order valence-corrected chi connectivity index (χ4v) is 2.87. The Kier molecular flexibility index (Phi) is 11.5. The third-order valence-corrected chi connectivity index (χ3v) is 4.32. The van der Waals surface area contributed by atoms with Crippen LogP contribution in [0, 0.1) is 6.92 Å². The van der Waals surface area contributed by atoms with Crippen LogP contribution in [-0.2, 0) is 20.7 Å². The summed E-state index contributed by atoms with van der Waals surface area (Å²) < 4.78 is 5.68. The van der Waals surface area contributed by atoms with Crippen molar-refractivity contribution in [3.63, 3.8) is 0 Å². The maximum absolute atomic E-state index is 12.1. The lowest BCUT2D eigenvalue weighted by Crippen LogP contribution is -2.19. The molecule has 0 bridgehead atoms. The van der Waals surface area contributed by atoms with Gasteiger partial charge in [-0.1, -0.05) is 38.2 Å². The van der Waals surface area contributed by atoms with E-state index in [4.69, 9.17) is 4.74 Å². The Morgan fingerprint density at radius 2 is 2.18 bits per heavy atom. The van der Waals surface area contributed by atoms with Crippen LogP contribution in [0.3, 0.4) is 0 Å². The van der Waals surface area contributed by atoms with Gasteiger partial charge in [0.15, 0.2) is 5.78 Å². The number of allylic oxidation sites excluding steroid dienone is 5. The maximum Gasteiger partial charge on any atom is 0.306 e. The maximum atomic E-state index is 12.1. The minimum atomic E-state index is -0.234. The summed E-state index contributed by atoms with van der Waals surface area (Å²) in [6, 6.07) is 2.00. The lowest BCUT2D eigenvalue weighted by atomic mass is 10.1. The highest BCUT2D eigenvalue weighted by molar-refractivity contribution is 6.06. The number of nitrogens with one attached hydrogen (secondary N) is 1. The van der Waals surface area contributed by atoms with Gasteiger partial charge in [-0.05, 0) is 63.7 Å². The van der Waals surface area contributed by atoms with Gasteiger partial charge in [-0.2, -0.15) is 5.10 Å². The number of aromatic amines is 1. The van der Waals surface area contributed by atoms with E-state index in [9.17, 15) is 9.59 Å². The molecule has 1 aromatic rings. The first-order valence-corrected chi connectivity index (χ1v) is 10.3. The van der Waals surface area contributed by atoms with Crippen molar-refractivity contribution in [2.45, 2.75) is 78.7 Å². The van der Waals surface area contributed by atoms with Crippen LogP contribution in [0.4, 0.5) is 0 Å². The molecular formula is C23H34N2O3. The van der Waals surface area contributed by atoms with Crippen molar-refractivity contribution in [2.24, 2.45) is 0 Å². The number of carbonyl (C=O) groups is 2. The Hall–Kier alpha value is -2.43. The molecular weight excluding hydrogens is 352 g/mol. The molecule has 154 valence electrons. The van der Waals surface area contributed by atoms with Crippen LogP contribution in [0.1, 0.15) is 70.7 Å². The lowest BCUT2D eigenvalue weighted by Gasteiger charge is -2.16. The minimum absolute atomic E-state index is 0.0596. The predicted molar refractivity (Wildman–Crippen MR) is 113 cm³/mol. The Morgan fingerprint density at radius 3 is 2.79 bits per heavy atom. The van der Waals surface area contributed by atoms with E-state index in [0.29, 0.717) is 25.7 Å². The average molecular weight is 387 g/mol. The van der Waals surface area contributed by atoms with Gasteiger partial charge in [0.2, 0.25) is 0 Å². The van der Waals surface area contributed by atoms with E-state index in [1.54, 1.807) is 6.08 Å². The average Bonchev–Trinajstić information content (AvgIpc) is 3.30. The number of ether oxygens (including phenoxy) is 1. The predicted octanol–water partition coefficient (Wildman–Crippen LogP) is 5.18. The number of rotatable bonds is 10. The summed E-state index contributed by atoms with van der Waals surface area (Å²) >= 11 is 0. The summed E-state index contributed by atoms with van der Waals surface area (Å²) in [6.07, 6.45) is 13.9. The third-order valence-electron chi connectivity index (χ3n) is 4.32. The molecule has 1 aliphatic carbocycles. The fourth-order valence-electron chi connectivity index (χ4n) is 2.87. The van der Waals surface area contributed by atoms with Crippen LogP contribution < -0.4 is 0 Å². The lowest BCUT2D eigenvalue weighted by molar-refractivity contribution is -0.149. The number of aryl methyl sites for hydroxylation is 2.